The van der Waals surface area contributed by atoms with E-state index < -0.39 is 11.8 Å². The molecule has 0 aliphatic carbocycles. The summed E-state index contributed by atoms with van der Waals surface area (Å²) < 4.78 is 14.4. The van der Waals surface area contributed by atoms with Crippen molar-refractivity contribution in [3.63, 3.8) is 0 Å². The molecule has 9 heteroatoms. The molecule has 0 fully saturated rings. The van der Waals surface area contributed by atoms with Crippen LogP contribution in [0.1, 0.15) is 33.0 Å². The summed E-state index contributed by atoms with van der Waals surface area (Å²) in [5.74, 6) is -1.77. The maximum atomic E-state index is 14.4. The number of aromatic nitrogens is 3. The van der Waals surface area contributed by atoms with Gasteiger partial charge in [-0.25, -0.2) is 9.37 Å². The Morgan fingerprint density at radius 2 is 1.97 bits per heavy atom. The van der Waals surface area contributed by atoms with Gasteiger partial charge in [0.15, 0.2) is 0 Å². The largest absolute Gasteiger partial charge is 0.481 e. The van der Waals surface area contributed by atoms with Gasteiger partial charge in [-0.15, -0.1) is 0 Å². The van der Waals surface area contributed by atoms with E-state index in [9.17, 15) is 14.0 Å². The topological polar surface area (TPSA) is 105 Å². The van der Waals surface area contributed by atoms with Gasteiger partial charge < -0.3 is 10.4 Å². The summed E-state index contributed by atoms with van der Waals surface area (Å²) >= 11 is 6.18. The molecule has 0 radical (unpaired) electrons. The summed E-state index contributed by atoms with van der Waals surface area (Å²) in [5, 5.41) is 11.8. The molecule has 3 heterocycles. The molecule has 1 aromatic carbocycles. The van der Waals surface area contributed by atoms with Crippen LogP contribution in [-0.2, 0) is 24.2 Å². The van der Waals surface area contributed by atoms with Crippen LogP contribution in [0.4, 0.5) is 4.39 Å². The van der Waals surface area contributed by atoms with Crippen molar-refractivity contribution in [1.29, 1.82) is 0 Å². The van der Waals surface area contributed by atoms with Gasteiger partial charge in [0.05, 0.1) is 51.9 Å². The Balaban J connectivity index is 1.76. The number of hydrogen-bond acceptors (Lipinski definition) is 5. The lowest BCUT2D eigenvalue weighted by atomic mass is 9.99. The van der Waals surface area contributed by atoms with Crippen molar-refractivity contribution in [1.82, 2.24) is 20.3 Å². The van der Waals surface area contributed by atoms with E-state index in [1.54, 1.807) is 12.1 Å². The highest BCUT2D eigenvalue weighted by atomic mass is 35.5. The van der Waals surface area contributed by atoms with E-state index in [1.807, 2.05) is 0 Å². The Hall–Kier alpha value is -3.39. The van der Waals surface area contributed by atoms with Gasteiger partial charge in [0.25, 0.3) is 5.91 Å². The highest BCUT2D eigenvalue weighted by Crippen LogP contribution is 2.32. The van der Waals surface area contributed by atoms with Crippen LogP contribution in [0.15, 0.2) is 36.7 Å². The number of hydrogen-bond donors (Lipinski definition) is 2. The third-order valence-electron chi connectivity index (χ3n) is 4.50. The second kappa shape index (κ2) is 7.56. The lowest BCUT2D eigenvalue weighted by molar-refractivity contribution is -0.136. The van der Waals surface area contributed by atoms with Gasteiger partial charge in [0.2, 0.25) is 0 Å². The summed E-state index contributed by atoms with van der Waals surface area (Å²) in [6, 6.07) is 6.01. The number of carbonyl (C=O) groups is 2. The van der Waals surface area contributed by atoms with Crippen LogP contribution < -0.4 is 5.32 Å². The lowest BCUT2D eigenvalue weighted by Crippen LogP contribution is -2.14. The molecular formula is C20H14ClFN4O3. The van der Waals surface area contributed by atoms with Gasteiger partial charge in [-0.05, 0) is 23.8 Å². The number of aliphatic carboxylic acids is 1. The molecule has 0 bridgehead atoms. The average molecular weight is 413 g/mol. The van der Waals surface area contributed by atoms with Crippen LogP contribution in [0.3, 0.4) is 0 Å². The van der Waals surface area contributed by atoms with Gasteiger partial charge in [-0.2, -0.15) is 0 Å². The highest BCUT2D eigenvalue weighted by Gasteiger charge is 2.26. The van der Waals surface area contributed by atoms with Gasteiger partial charge in [-0.3, -0.25) is 19.6 Å². The predicted octanol–water partition coefficient (Wildman–Crippen LogP) is 2.79. The highest BCUT2D eigenvalue weighted by molar-refractivity contribution is 6.33. The first-order chi connectivity index (χ1) is 13.9. The third-order valence-corrected chi connectivity index (χ3v) is 4.82. The van der Waals surface area contributed by atoms with E-state index >= 15 is 0 Å². The molecule has 1 amide bonds. The maximum Gasteiger partial charge on any atom is 0.309 e. The first-order valence-electron chi connectivity index (χ1n) is 8.69. The standard InChI is InChI=1S/C20H14ClFN4O3/c21-13-2-1-3-14(22)19(13)15-5-10(18-16(26-15)9-25-20(18)29)4-11-7-24-12(8-23-11)6-17(27)28/h1-3,5,7-8H,4,6,9H2,(H,25,29)(H,27,28). The van der Waals surface area contributed by atoms with E-state index in [0.29, 0.717) is 33.9 Å². The van der Waals surface area contributed by atoms with Gasteiger partial charge in [0, 0.05) is 18.8 Å². The monoisotopic (exact) mass is 412 g/mol. The predicted molar refractivity (Wildman–Crippen MR) is 102 cm³/mol. The minimum atomic E-state index is -0.998. The number of benzene rings is 1. The Morgan fingerprint density at radius 3 is 2.66 bits per heavy atom. The number of amides is 1. The van der Waals surface area contributed by atoms with Crippen LogP contribution in [0, 0.1) is 5.82 Å². The molecule has 2 N–H and O–H groups in total. The van der Waals surface area contributed by atoms with Crippen LogP contribution >= 0.6 is 11.6 Å². The summed E-state index contributed by atoms with van der Waals surface area (Å²) in [5.41, 5.74) is 2.92. The SMILES string of the molecule is O=C(O)Cc1cnc(Cc2cc(-c3c(F)cccc3Cl)nc3c2C(=O)NC3)cn1. The first kappa shape index (κ1) is 18.9. The van der Waals surface area contributed by atoms with Gasteiger partial charge >= 0.3 is 5.97 Å². The Bertz CT molecular complexity index is 1120. The van der Waals surface area contributed by atoms with Crippen molar-refractivity contribution in [2.45, 2.75) is 19.4 Å². The summed E-state index contributed by atoms with van der Waals surface area (Å²) in [4.78, 5) is 35.8. The molecular weight excluding hydrogens is 399 g/mol. The molecule has 29 heavy (non-hydrogen) atoms. The number of carbonyl (C=O) groups excluding carboxylic acids is 1. The molecule has 0 spiro atoms. The Morgan fingerprint density at radius 1 is 1.21 bits per heavy atom. The molecule has 1 aliphatic heterocycles. The second-order valence-electron chi connectivity index (χ2n) is 6.51. The van der Waals surface area contributed by atoms with Crippen LogP contribution in [-0.4, -0.2) is 31.9 Å². The first-order valence-corrected chi connectivity index (χ1v) is 9.07. The molecule has 0 unspecified atom stereocenters. The van der Waals surface area contributed by atoms with Crippen LogP contribution in [0.2, 0.25) is 5.02 Å². The lowest BCUT2D eigenvalue weighted by Gasteiger charge is -2.11. The zero-order valence-corrected chi connectivity index (χ0v) is 15.7. The van der Waals surface area contributed by atoms with Crippen molar-refractivity contribution in [3.05, 3.63) is 75.7 Å². The summed E-state index contributed by atoms with van der Waals surface area (Å²) in [6.45, 7) is 0.240. The number of fused-ring (bicyclic) bond motifs is 1. The van der Waals surface area contributed by atoms with Crippen molar-refractivity contribution >= 4 is 23.5 Å². The second-order valence-corrected chi connectivity index (χ2v) is 6.92. The normalized spacial score (nSPS) is 12.6. The maximum absolute atomic E-state index is 14.4. The Kier molecular flexibility index (Phi) is 4.94. The fourth-order valence-corrected chi connectivity index (χ4v) is 3.50. The molecule has 0 saturated carbocycles. The van der Waals surface area contributed by atoms with Crippen LogP contribution in [0.5, 0.6) is 0 Å². The van der Waals surface area contributed by atoms with Gasteiger partial charge in [-0.1, -0.05) is 17.7 Å². The number of carboxylic acids is 1. The summed E-state index contributed by atoms with van der Waals surface area (Å²) in [7, 11) is 0. The number of nitrogens with one attached hydrogen (secondary N) is 1. The Labute approximate surface area is 169 Å². The van der Waals surface area contributed by atoms with Crippen molar-refractivity contribution in [2.24, 2.45) is 0 Å². The number of nitrogens with zero attached hydrogens (tertiary/aromatic N) is 3. The molecule has 0 atom stereocenters. The number of pyridine rings is 1. The van der Waals surface area contributed by atoms with Crippen LogP contribution in [0.25, 0.3) is 11.3 Å². The molecule has 1 aliphatic rings. The fraction of sp³-hybridized carbons (Fsp3) is 0.150. The molecule has 3 aromatic rings. The zero-order chi connectivity index (χ0) is 20.5. The molecule has 146 valence electrons. The molecule has 2 aromatic heterocycles. The molecule has 4 rings (SSSR count). The molecule has 0 saturated heterocycles. The van der Waals surface area contributed by atoms with E-state index in [2.05, 4.69) is 20.3 Å². The minimum Gasteiger partial charge on any atom is -0.481 e. The minimum absolute atomic E-state index is 0.167. The number of rotatable bonds is 5. The van der Waals surface area contributed by atoms with Crippen molar-refractivity contribution in [3.8, 4) is 11.3 Å². The third kappa shape index (κ3) is 3.79. The fourth-order valence-electron chi connectivity index (χ4n) is 3.24. The van der Waals surface area contributed by atoms with Gasteiger partial charge in [0.1, 0.15) is 5.82 Å². The average Bonchev–Trinajstić information content (AvgIpc) is 3.04. The van der Waals surface area contributed by atoms with Crippen molar-refractivity contribution < 1.29 is 19.1 Å². The summed E-state index contributed by atoms with van der Waals surface area (Å²) in [6.07, 6.45) is 2.88. The van der Waals surface area contributed by atoms with E-state index in [-0.39, 0.29) is 35.9 Å². The number of carboxylic acid groups (broad SMARTS) is 1. The number of halogens is 2. The molecule has 7 nitrogen and oxygen atoms in total. The van der Waals surface area contributed by atoms with E-state index in [1.165, 1.54) is 24.5 Å². The van der Waals surface area contributed by atoms with Crippen molar-refractivity contribution in [2.75, 3.05) is 0 Å². The quantitative estimate of drug-likeness (QED) is 0.667. The zero-order valence-electron chi connectivity index (χ0n) is 14.9. The van der Waals surface area contributed by atoms with E-state index in [0.717, 1.165) is 0 Å². The van der Waals surface area contributed by atoms with E-state index in [4.69, 9.17) is 16.7 Å². The smallest absolute Gasteiger partial charge is 0.309 e.